The second kappa shape index (κ2) is 5.54. The van der Waals surface area contributed by atoms with Crippen molar-refractivity contribution in [3.63, 3.8) is 0 Å². The number of ether oxygens (including phenoxy) is 3. The number of hydrogen-bond donors (Lipinski definition) is 1. The van der Waals surface area contributed by atoms with Crippen molar-refractivity contribution in [1.82, 2.24) is 0 Å². The lowest BCUT2D eigenvalue weighted by Gasteiger charge is -2.40. The van der Waals surface area contributed by atoms with Gasteiger partial charge in [0.05, 0.1) is 38.1 Å². The number of nitrogen functional groups attached to an aromatic ring is 1. The number of benzene rings is 1. The van der Waals surface area contributed by atoms with Gasteiger partial charge in [-0.3, -0.25) is 0 Å². The smallest absolute Gasteiger partial charge is 0.340 e. The Hall–Kier alpha value is -1.79. The van der Waals surface area contributed by atoms with E-state index in [1.165, 1.54) is 7.11 Å². The second-order valence-corrected chi connectivity index (χ2v) is 5.40. The number of carbonyl (C=O) groups excluding carboxylic acids is 1. The van der Waals surface area contributed by atoms with Gasteiger partial charge in [-0.05, 0) is 24.6 Å². The number of piperidine rings is 1. The Balaban J connectivity index is 1.90. The topological polar surface area (TPSA) is 74.0 Å². The van der Waals surface area contributed by atoms with Gasteiger partial charge in [-0.1, -0.05) is 0 Å². The van der Waals surface area contributed by atoms with Crippen LogP contribution in [0.2, 0.25) is 0 Å². The van der Waals surface area contributed by atoms with Gasteiger partial charge in [-0.25, -0.2) is 4.79 Å². The van der Waals surface area contributed by atoms with Crippen LogP contribution in [-0.2, 0) is 14.2 Å². The number of rotatable bonds is 2. The third-order valence-electron chi connectivity index (χ3n) is 4.00. The SMILES string of the molecule is COC(=O)c1cc(N)ccc1N1CCCC2(C1)OCCO2. The van der Waals surface area contributed by atoms with E-state index in [0.29, 0.717) is 31.0 Å². The molecule has 0 atom stereocenters. The molecule has 3 rings (SSSR count). The van der Waals surface area contributed by atoms with Crippen molar-refractivity contribution in [3.8, 4) is 0 Å². The highest BCUT2D eigenvalue weighted by atomic mass is 16.7. The first-order valence-corrected chi connectivity index (χ1v) is 7.14. The van der Waals surface area contributed by atoms with Gasteiger partial charge in [0.25, 0.3) is 0 Å². The summed E-state index contributed by atoms with van der Waals surface area (Å²) in [5.41, 5.74) is 7.62. The number of nitrogens with zero attached hydrogens (tertiary/aromatic N) is 1. The molecule has 0 unspecified atom stereocenters. The van der Waals surface area contributed by atoms with E-state index in [1.807, 2.05) is 6.07 Å². The van der Waals surface area contributed by atoms with Gasteiger partial charge >= 0.3 is 5.97 Å². The normalized spacial score (nSPS) is 20.7. The van der Waals surface area contributed by atoms with Crippen LogP contribution in [0.4, 0.5) is 11.4 Å². The Morgan fingerprint density at radius 3 is 2.86 bits per heavy atom. The van der Waals surface area contributed by atoms with E-state index in [9.17, 15) is 4.79 Å². The number of methoxy groups -OCH3 is 1. The zero-order valence-corrected chi connectivity index (χ0v) is 12.1. The molecule has 21 heavy (non-hydrogen) atoms. The van der Waals surface area contributed by atoms with E-state index in [4.69, 9.17) is 19.9 Å². The molecule has 1 spiro atoms. The summed E-state index contributed by atoms with van der Waals surface area (Å²) in [6, 6.07) is 5.30. The minimum Gasteiger partial charge on any atom is -0.465 e. The summed E-state index contributed by atoms with van der Waals surface area (Å²) >= 11 is 0. The van der Waals surface area contributed by atoms with Crippen LogP contribution in [0.5, 0.6) is 0 Å². The summed E-state index contributed by atoms with van der Waals surface area (Å²) in [6.07, 6.45) is 1.83. The van der Waals surface area contributed by atoms with Crippen molar-refractivity contribution in [3.05, 3.63) is 23.8 Å². The first-order valence-electron chi connectivity index (χ1n) is 7.14. The van der Waals surface area contributed by atoms with E-state index < -0.39 is 5.79 Å². The molecule has 0 aromatic heterocycles. The lowest BCUT2D eigenvalue weighted by Crippen LogP contribution is -2.49. The van der Waals surface area contributed by atoms with Gasteiger partial charge in [-0.2, -0.15) is 0 Å². The molecule has 2 fully saturated rings. The zero-order valence-electron chi connectivity index (χ0n) is 12.1. The van der Waals surface area contributed by atoms with Gasteiger partial charge in [0.2, 0.25) is 0 Å². The van der Waals surface area contributed by atoms with Crippen molar-refractivity contribution in [1.29, 1.82) is 0 Å². The molecule has 2 heterocycles. The molecule has 2 saturated heterocycles. The van der Waals surface area contributed by atoms with Gasteiger partial charge < -0.3 is 24.8 Å². The van der Waals surface area contributed by atoms with Crippen LogP contribution in [0.1, 0.15) is 23.2 Å². The summed E-state index contributed by atoms with van der Waals surface area (Å²) in [6.45, 7) is 2.71. The van der Waals surface area contributed by atoms with Crippen LogP contribution in [-0.4, -0.2) is 45.2 Å². The average molecular weight is 292 g/mol. The van der Waals surface area contributed by atoms with Gasteiger partial charge in [0, 0.05) is 18.7 Å². The standard InChI is InChI=1S/C15H20N2O4/c1-19-14(18)12-9-11(16)3-4-13(12)17-6-2-5-15(10-17)20-7-8-21-15/h3-4,9H,2,5-8,10,16H2,1H3. The molecule has 1 aromatic carbocycles. The summed E-state index contributed by atoms with van der Waals surface area (Å²) in [4.78, 5) is 14.1. The van der Waals surface area contributed by atoms with E-state index in [0.717, 1.165) is 25.1 Å². The fourth-order valence-electron chi connectivity index (χ4n) is 3.03. The minimum atomic E-state index is -0.535. The first kappa shape index (κ1) is 14.2. The maximum atomic E-state index is 12.0. The molecule has 0 amide bonds. The fourth-order valence-corrected chi connectivity index (χ4v) is 3.03. The van der Waals surface area contributed by atoms with Gasteiger partial charge in [0.15, 0.2) is 5.79 Å². The average Bonchev–Trinajstić information content (AvgIpc) is 2.94. The zero-order chi connectivity index (χ0) is 14.9. The maximum absolute atomic E-state index is 12.0. The first-order chi connectivity index (χ1) is 10.1. The maximum Gasteiger partial charge on any atom is 0.340 e. The van der Waals surface area contributed by atoms with Crippen LogP contribution >= 0.6 is 0 Å². The Kier molecular flexibility index (Phi) is 3.73. The molecular formula is C15H20N2O4. The highest BCUT2D eigenvalue weighted by Crippen LogP contribution is 2.34. The number of carbonyl (C=O) groups is 1. The molecule has 0 saturated carbocycles. The van der Waals surface area contributed by atoms with Crippen molar-refractivity contribution in [2.24, 2.45) is 0 Å². The summed E-state index contributed by atoms with van der Waals surface area (Å²) < 4.78 is 16.4. The van der Waals surface area contributed by atoms with E-state index in [1.54, 1.807) is 12.1 Å². The highest BCUT2D eigenvalue weighted by Gasteiger charge is 2.41. The number of nitrogens with two attached hydrogens (primary N) is 1. The number of esters is 1. The van der Waals surface area contributed by atoms with Crippen molar-refractivity contribution >= 4 is 17.3 Å². The Bertz CT molecular complexity index is 540. The van der Waals surface area contributed by atoms with E-state index in [2.05, 4.69) is 4.90 Å². The van der Waals surface area contributed by atoms with Crippen LogP contribution in [0.3, 0.4) is 0 Å². The summed E-state index contributed by atoms with van der Waals surface area (Å²) in [5.74, 6) is -0.919. The minimum absolute atomic E-state index is 0.384. The third-order valence-corrected chi connectivity index (χ3v) is 4.00. The molecule has 2 N–H and O–H groups in total. The molecule has 1 aromatic rings. The number of hydrogen-bond acceptors (Lipinski definition) is 6. The lowest BCUT2D eigenvalue weighted by molar-refractivity contribution is -0.161. The molecule has 6 heteroatoms. The molecule has 114 valence electrons. The Labute approximate surface area is 123 Å². The number of anilines is 2. The second-order valence-electron chi connectivity index (χ2n) is 5.40. The molecular weight excluding hydrogens is 272 g/mol. The van der Waals surface area contributed by atoms with Crippen molar-refractivity contribution < 1.29 is 19.0 Å². The van der Waals surface area contributed by atoms with E-state index in [-0.39, 0.29) is 5.97 Å². The summed E-state index contributed by atoms with van der Waals surface area (Å²) in [7, 11) is 1.37. The van der Waals surface area contributed by atoms with Crippen LogP contribution in [0.15, 0.2) is 18.2 Å². The van der Waals surface area contributed by atoms with Gasteiger partial charge in [-0.15, -0.1) is 0 Å². The van der Waals surface area contributed by atoms with Crippen LogP contribution < -0.4 is 10.6 Å². The predicted molar refractivity (Wildman–Crippen MR) is 78.3 cm³/mol. The monoisotopic (exact) mass is 292 g/mol. The summed E-state index contributed by atoms with van der Waals surface area (Å²) in [5, 5.41) is 0. The highest BCUT2D eigenvalue weighted by molar-refractivity contribution is 5.97. The third kappa shape index (κ3) is 2.69. The van der Waals surface area contributed by atoms with Crippen molar-refractivity contribution in [2.45, 2.75) is 18.6 Å². The predicted octanol–water partition coefficient (Wildman–Crippen LogP) is 1.40. The lowest BCUT2D eigenvalue weighted by atomic mass is 10.0. The molecule has 0 radical (unpaired) electrons. The van der Waals surface area contributed by atoms with Crippen LogP contribution in [0, 0.1) is 0 Å². The Morgan fingerprint density at radius 1 is 1.38 bits per heavy atom. The molecule has 6 nitrogen and oxygen atoms in total. The Morgan fingerprint density at radius 2 is 2.14 bits per heavy atom. The molecule has 2 aliphatic rings. The molecule has 2 aliphatic heterocycles. The molecule has 0 aliphatic carbocycles. The quantitative estimate of drug-likeness (QED) is 0.656. The molecule has 0 bridgehead atoms. The van der Waals surface area contributed by atoms with E-state index >= 15 is 0 Å². The fraction of sp³-hybridized carbons (Fsp3) is 0.533. The van der Waals surface area contributed by atoms with Crippen LogP contribution in [0.25, 0.3) is 0 Å². The van der Waals surface area contributed by atoms with Gasteiger partial charge in [0.1, 0.15) is 0 Å². The largest absolute Gasteiger partial charge is 0.465 e. The van der Waals surface area contributed by atoms with Crippen molar-refractivity contribution in [2.75, 3.05) is 44.0 Å².